The minimum absolute atomic E-state index is 0.0251. The second-order valence-corrected chi connectivity index (χ2v) is 8.54. The lowest BCUT2D eigenvalue weighted by molar-refractivity contribution is 0.745. The van der Waals surface area contributed by atoms with E-state index in [4.69, 9.17) is 0 Å². The van der Waals surface area contributed by atoms with Crippen molar-refractivity contribution in [3.05, 3.63) is 85.7 Å². The summed E-state index contributed by atoms with van der Waals surface area (Å²) in [5, 5.41) is 0.732. The molecule has 2 heterocycles. The van der Waals surface area contributed by atoms with Crippen LogP contribution in [0.5, 0.6) is 0 Å². The molecule has 0 unspecified atom stereocenters. The molecule has 0 amide bonds. The minimum atomic E-state index is 0.0251. The van der Waals surface area contributed by atoms with Crippen molar-refractivity contribution < 1.29 is 0 Å². The number of nitrogens with zero attached hydrogens (tertiary/aromatic N) is 2. The summed E-state index contributed by atoms with van der Waals surface area (Å²) in [4.78, 5) is 20.0. The van der Waals surface area contributed by atoms with Crippen LogP contribution >= 0.6 is 27.3 Å². The van der Waals surface area contributed by atoms with Crippen molar-refractivity contribution in [3.8, 4) is 11.1 Å². The van der Waals surface area contributed by atoms with Crippen LogP contribution in [0.4, 0.5) is 0 Å². The number of aromatic nitrogens is 2. The van der Waals surface area contributed by atoms with E-state index in [-0.39, 0.29) is 5.56 Å². The Labute approximate surface area is 170 Å². The Morgan fingerprint density at radius 2 is 1.85 bits per heavy atom. The van der Waals surface area contributed by atoms with Gasteiger partial charge in [0.15, 0.2) is 0 Å². The molecule has 0 radical (unpaired) electrons. The summed E-state index contributed by atoms with van der Waals surface area (Å²) in [6.07, 6.45) is 2.56. The Kier molecular flexibility index (Phi) is 4.98. The SMILES string of the molecule is CCc1sc2ncn(Cc3ccccc3C)c(=O)c2c1-c1ccc(Br)cc1. The number of thiophene rings is 1. The van der Waals surface area contributed by atoms with E-state index in [1.807, 2.05) is 24.3 Å². The molecule has 0 aliphatic heterocycles. The van der Waals surface area contributed by atoms with E-state index < -0.39 is 0 Å². The quantitative estimate of drug-likeness (QED) is 0.403. The summed E-state index contributed by atoms with van der Waals surface area (Å²) in [5.74, 6) is 0. The van der Waals surface area contributed by atoms with Crippen molar-refractivity contribution >= 4 is 37.5 Å². The zero-order valence-corrected chi connectivity index (χ0v) is 17.6. The van der Waals surface area contributed by atoms with Crippen molar-refractivity contribution in [1.82, 2.24) is 9.55 Å². The predicted octanol–water partition coefficient (Wildman–Crippen LogP) is 5.81. The zero-order valence-electron chi connectivity index (χ0n) is 15.2. The van der Waals surface area contributed by atoms with Crippen molar-refractivity contribution in [2.24, 2.45) is 0 Å². The maximum absolute atomic E-state index is 13.4. The third-order valence-electron chi connectivity index (χ3n) is 4.81. The first-order valence-corrected chi connectivity index (χ1v) is 10.5. The molecule has 0 aliphatic rings. The molecule has 0 saturated carbocycles. The van der Waals surface area contributed by atoms with Crippen LogP contribution in [-0.2, 0) is 13.0 Å². The lowest BCUT2D eigenvalue weighted by Crippen LogP contribution is -2.21. The largest absolute Gasteiger partial charge is 0.294 e. The second kappa shape index (κ2) is 7.41. The second-order valence-electron chi connectivity index (χ2n) is 6.54. The van der Waals surface area contributed by atoms with Gasteiger partial charge in [0, 0.05) is 14.9 Å². The number of halogens is 1. The predicted molar refractivity (Wildman–Crippen MR) is 117 cm³/mol. The van der Waals surface area contributed by atoms with E-state index in [1.54, 1.807) is 22.2 Å². The van der Waals surface area contributed by atoms with Gasteiger partial charge in [-0.15, -0.1) is 11.3 Å². The molecule has 0 bridgehead atoms. The zero-order chi connectivity index (χ0) is 19.0. The van der Waals surface area contributed by atoms with Gasteiger partial charge in [0.1, 0.15) is 4.83 Å². The first-order chi connectivity index (χ1) is 13.1. The molecule has 0 saturated heterocycles. The average Bonchev–Trinajstić information content (AvgIpc) is 3.06. The molecule has 4 rings (SSSR count). The molecule has 27 heavy (non-hydrogen) atoms. The van der Waals surface area contributed by atoms with E-state index in [9.17, 15) is 4.79 Å². The van der Waals surface area contributed by atoms with Crippen LogP contribution in [0, 0.1) is 6.92 Å². The maximum Gasteiger partial charge on any atom is 0.263 e. The van der Waals surface area contributed by atoms with E-state index in [0.29, 0.717) is 6.54 Å². The number of benzene rings is 2. The van der Waals surface area contributed by atoms with Crippen LogP contribution in [-0.4, -0.2) is 9.55 Å². The lowest BCUT2D eigenvalue weighted by Gasteiger charge is -2.09. The number of hydrogen-bond acceptors (Lipinski definition) is 3. The van der Waals surface area contributed by atoms with Gasteiger partial charge >= 0.3 is 0 Å². The first kappa shape index (κ1) is 18.1. The summed E-state index contributed by atoms with van der Waals surface area (Å²) >= 11 is 5.11. The molecule has 0 aliphatic carbocycles. The summed E-state index contributed by atoms with van der Waals surface area (Å²) in [7, 11) is 0. The highest BCUT2D eigenvalue weighted by molar-refractivity contribution is 9.10. The normalized spacial score (nSPS) is 11.2. The fourth-order valence-corrected chi connectivity index (χ4v) is 4.68. The first-order valence-electron chi connectivity index (χ1n) is 8.89. The van der Waals surface area contributed by atoms with Gasteiger partial charge in [-0.1, -0.05) is 59.3 Å². The third-order valence-corrected chi connectivity index (χ3v) is 6.58. The molecular weight excluding hydrogens is 420 g/mol. The van der Waals surface area contributed by atoms with Crippen LogP contribution in [0.15, 0.2) is 64.1 Å². The van der Waals surface area contributed by atoms with E-state index in [2.05, 4.69) is 59.0 Å². The number of rotatable bonds is 4. The molecule has 5 heteroatoms. The monoisotopic (exact) mass is 438 g/mol. The Bertz CT molecular complexity index is 1180. The number of fused-ring (bicyclic) bond motifs is 1. The van der Waals surface area contributed by atoms with Crippen molar-refractivity contribution in [1.29, 1.82) is 0 Å². The van der Waals surface area contributed by atoms with Crippen LogP contribution in [0.2, 0.25) is 0 Å². The molecule has 0 N–H and O–H groups in total. The molecular formula is C22H19BrN2OS. The number of hydrogen-bond donors (Lipinski definition) is 0. The Hall–Kier alpha value is -2.24. The van der Waals surface area contributed by atoms with Gasteiger partial charge in [-0.2, -0.15) is 0 Å². The molecule has 2 aromatic heterocycles. The average molecular weight is 439 g/mol. The van der Waals surface area contributed by atoms with Crippen LogP contribution in [0.3, 0.4) is 0 Å². The van der Waals surface area contributed by atoms with Gasteiger partial charge < -0.3 is 0 Å². The smallest absolute Gasteiger partial charge is 0.263 e. The van der Waals surface area contributed by atoms with Crippen LogP contribution in [0.25, 0.3) is 21.3 Å². The van der Waals surface area contributed by atoms with Gasteiger partial charge in [-0.3, -0.25) is 9.36 Å². The minimum Gasteiger partial charge on any atom is -0.294 e. The molecule has 0 spiro atoms. The van der Waals surface area contributed by atoms with Crippen LogP contribution in [0.1, 0.15) is 22.9 Å². The topological polar surface area (TPSA) is 34.9 Å². The van der Waals surface area contributed by atoms with Crippen molar-refractivity contribution in [3.63, 3.8) is 0 Å². The van der Waals surface area contributed by atoms with Gasteiger partial charge in [0.25, 0.3) is 5.56 Å². The summed E-state index contributed by atoms with van der Waals surface area (Å²) in [5.41, 5.74) is 4.43. The van der Waals surface area contributed by atoms with E-state index in [1.165, 1.54) is 10.4 Å². The van der Waals surface area contributed by atoms with E-state index in [0.717, 1.165) is 37.8 Å². The molecule has 0 fully saturated rings. The molecule has 3 nitrogen and oxygen atoms in total. The summed E-state index contributed by atoms with van der Waals surface area (Å²) < 4.78 is 2.75. The van der Waals surface area contributed by atoms with Gasteiger partial charge in [-0.05, 0) is 42.2 Å². The highest BCUT2D eigenvalue weighted by atomic mass is 79.9. The maximum atomic E-state index is 13.4. The Morgan fingerprint density at radius 1 is 1.11 bits per heavy atom. The lowest BCUT2D eigenvalue weighted by atomic mass is 10.0. The molecule has 0 atom stereocenters. The Balaban J connectivity index is 1.91. The highest BCUT2D eigenvalue weighted by Crippen LogP contribution is 2.36. The molecule has 136 valence electrons. The van der Waals surface area contributed by atoms with Crippen molar-refractivity contribution in [2.45, 2.75) is 26.8 Å². The third kappa shape index (κ3) is 3.37. The number of aryl methyl sites for hydroxylation is 2. The van der Waals surface area contributed by atoms with Gasteiger partial charge in [-0.25, -0.2) is 4.98 Å². The Morgan fingerprint density at radius 3 is 2.56 bits per heavy atom. The van der Waals surface area contributed by atoms with Crippen LogP contribution < -0.4 is 5.56 Å². The standard InChI is InChI=1S/C22H19BrN2OS/c1-3-18-19(15-8-10-17(23)11-9-15)20-21(27-18)24-13-25(22(20)26)12-16-7-5-4-6-14(16)2/h4-11,13H,3,12H2,1-2H3. The van der Waals surface area contributed by atoms with Gasteiger partial charge in [0.2, 0.25) is 0 Å². The summed E-state index contributed by atoms with van der Waals surface area (Å²) in [6, 6.07) is 16.3. The molecule has 2 aromatic carbocycles. The van der Waals surface area contributed by atoms with E-state index >= 15 is 0 Å². The fraction of sp³-hybridized carbons (Fsp3) is 0.182. The van der Waals surface area contributed by atoms with Crippen molar-refractivity contribution in [2.75, 3.05) is 0 Å². The van der Waals surface area contributed by atoms with Gasteiger partial charge in [0.05, 0.1) is 18.3 Å². The molecule has 4 aromatic rings. The highest BCUT2D eigenvalue weighted by Gasteiger charge is 2.18. The fourth-order valence-electron chi connectivity index (χ4n) is 3.33. The summed E-state index contributed by atoms with van der Waals surface area (Å²) in [6.45, 7) is 4.73.